The molecule has 92 valence electrons. The summed E-state index contributed by atoms with van der Waals surface area (Å²) < 4.78 is 0.0130. The number of nitriles is 1. The molecule has 0 amide bonds. The summed E-state index contributed by atoms with van der Waals surface area (Å²) in [4.78, 5) is 5.18. The standard InChI is InChI=1S/C14H13ClN2S/c1-14(2,3)18-12-9-6-4-5-7-11(9)17-13(15)10(12)8-16/h4-7H,1-3H3. The molecule has 0 aliphatic carbocycles. The number of halogens is 1. The summed E-state index contributed by atoms with van der Waals surface area (Å²) in [6, 6.07) is 9.92. The van der Waals surface area contributed by atoms with E-state index >= 15 is 0 Å². The van der Waals surface area contributed by atoms with Crippen molar-refractivity contribution in [2.75, 3.05) is 0 Å². The van der Waals surface area contributed by atoms with E-state index in [2.05, 4.69) is 31.8 Å². The highest BCUT2D eigenvalue weighted by Crippen LogP contribution is 2.40. The number of hydrogen-bond acceptors (Lipinski definition) is 3. The van der Waals surface area contributed by atoms with Crippen molar-refractivity contribution in [2.24, 2.45) is 0 Å². The lowest BCUT2D eigenvalue weighted by atomic mass is 10.2. The molecule has 4 heteroatoms. The van der Waals surface area contributed by atoms with E-state index in [9.17, 15) is 5.26 Å². The van der Waals surface area contributed by atoms with Gasteiger partial charge in [0.25, 0.3) is 0 Å². The first-order valence-electron chi connectivity index (χ1n) is 5.60. The van der Waals surface area contributed by atoms with Crippen LogP contribution in [0.3, 0.4) is 0 Å². The number of aromatic nitrogens is 1. The molecule has 0 saturated carbocycles. The van der Waals surface area contributed by atoms with Crippen molar-refractivity contribution >= 4 is 34.3 Å². The van der Waals surface area contributed by atoms with Crippen molar-refractivity contribution in [3.63, 3.8) is 0 Å². The van der Waals surface area contributed by atoms with Gasteiger partial charge in [0.2, 0.25) is 0 Å². The highest BCUT2D eigenvalue weighted by molar-refractivity contribution is 8.00. The van der Waals surface area contributed by atoms with Crippen LogP contribution in [0.4, 0.5) is 0 Å². The van der Waals surface area contributed by atoms with Crippen LogP contribution in [0.25, 0.3) is 10.9 Å². The summed E-state index contributed by atoms with van der Waals surface area (Å²) in [7, 11) is 0. The van der Waals surface area contributed by atoms with Crippen LogP contribution in [0, 0.1) is 11.3 Å². The molecule has 0 bridgehead atoms. The summed E-state index contributed by atoms with van der Waals surface area (Å²) >= 11 is 7.74. The van der Waals surface area contributed by atoms with Crippen molar-refractivity contribution in [1.82, 2.24) is 4.98 Å². The molecule has 1 aromatic carbocycles. The molecule has 0 N–H and O–H groups in total. The Morgan fingerprint density at radius 1 is 1.28 bits per heavy atom. The molecular formula is C14H13ClN2S. The van der Waals surface area contributed by atoms with E-state index < -0.39 is 0 Å². The Morgan fingerprint density at radius 3 is 2.56 bits per heavy atom. The predicted octanol–water partition coefficient (Wildman–Crippen LogP) is 4.65. The summed E-state index contributed by atoms with van der Waals surface area (Å²) in [5.41, 5.74) is 1.29. The van der Waals surface area contributed by atoms with Gasteiger partial charge in [-0.3, -0.25) is 0 Å². The monoisotopic (exact) mass is 276 g/mol. The quantitative estimate of drug-likeness (QED) is 0.562. The van der Waals surface area contributed by atoms with Crippen LogP contribution in [-0.4, -0.2) is 9.73 Å². The number of thioether (sulfide) groups is 1. The summed E-state index contributed by atoms with van der Waals surface area (Å²) in [5.74, 6) is 0. The molecule has 0 spiro atoms. The molecule has 1 aromatic heterocycles. The molecule has 2 rings (SSSR count). The Bertz CT molecular complexity index is 639. The molecule has 0 aliphatic heterocycles. The van der Waals surface area contributed by atoms with Crippen molar-refractivity contribution < 1.29 is 0 Å². The number of rotatable bonds is 1. The first-order chi connectivity index (χ1) is 8.42. The largest absolute Gasteiger partial charge is 0.235 e. The van der Waals surface area contributed by atoms with E-state index in [1.54, 1.807) is 11.8 Å². The lowest BCUT2D eigenvalue weighted by Crippen LogP contribution is -2.08. The number of para-hydroxylation sites is 1. The molecule has 0 fully saturated rings. The minimum Gasteiger partial charge on any atom is -0.235 e. The van der Waals surface area contributed by atoms with Crippen LogP contribution >= 0.6 is 23.4 Å². The van der Waals surface area contributed by atoms with Crippen molar-refractivity contribution in [1.29, 1.82) is 5.26 Å². The minimum absolute atomic E-state index is 0.0130. The van der Waals surface area contributed by atoms with Crippen molar-refractivity contribution in [2.45, 2.75) is 30.4 Å². The third-order valence-electron chi connectivity index (χ3n) is 2.32. The van der Waals surface area contributed by atoms with Crippen LogP contribution in [0.1, 0.15) is 26.3 Å². The summed E-state index contributed by atoms with van der Waals surface area (Å²) in [5, 5.41) is 10.5. The molecule has 2 aromatic rings. The predicted molar refractivity (Wildman–Crippen MR) is 77.1 cm³/mol. The van der Waals surface area contributed by atoms with Crippen LogP contribution in [0.15, 0.2) is 29.2 Å². The highest BCUT2D eigenvalue weighted by atomic mass is 35.5. The lowest BCUT2D eigenvalue weighted by molar-refractivity contribution is 0.803. The number of benzene rings is 1. The molecular weight excluding hydrogens is 264 g/mol. The average molecular weight is 277 g/mol. The van der Waals surface area contributed by atoms with Crippen LogP contribution in [0.2, 0.25) is 5.15 Å². The maximum atomic E-state index is 9.27. The van der Waals surface area contributed by atoms with Gasteiger partial charge in [-0.15, -0.1) is 11.8 Å². The van der Waals surface area contributed by atoms with E-state index in [0.29, 0.717) is 5.56 Å². The Kier molecular flexibility index (Phi) is 3.52. The zero-order valence-corrected chi connectivity index (χ0v) is 12.1. The maximum absolute atomic E-state index is 9.27. The third kappa shape index (κ3) is 2.60. The van der Waals surface area contributed by atoms with Crippen LogP contribution < -0.4 is 0 Å². The van der Waals surface area contributed by atoms with Gasteiger partial charge in [-0.25, -0.2) is 4.98 Å². The second-order valence-corrected chi connectivity index (χ2v) is 7.15. The molecule has 2 nitrogen and oxygen atoms in total. The highest BCUT2D eigenvalue weighted by Gasteiger charge is 2.20. The van der Waals surface area contributed by atoms with E-state index in [4.69, 9.17) is 11.6 Å². The molecule has 0 saturated heterocycles. The molecule has 18 heavy (non-hydrogen) atoms. The maximum Gasteiger partial charge on any atom is 0.148 e. The van der Waals surface area contributed by atoms with Crippen LogP contribution in [0.5, 0.6) is 0 Å². The normalized spacial score (nSPS) is 11.5. The number of fused-ring (bicyclic) bond motifs is 1. The van der Waals surface area contributed by atoms with E-state index in [1.165, 1.54) is 0 Å². The van der Waals surface area contributed by atoms with Gasteiger partial charge in [0.1, 0.15) is 16.8 Å². The SMILES string of the molecule is CC(C)(C)Sc1c(C#N)c(Cl)nc2ccccc12. The van der Waals surface area contributed by atoms with Gasteiger partial charge in [-0.05, 0) is 6.07 Å². The zero-order valence-electron chi connectivity index (χ0n) is 10.5. The fourth-order valence-corrected chi connectivity index (χ4v) is 3.09. The van der Waals surface area contributed by atoms with Gasteiger partial charge < -0.3 is 0 Å². The smallest absolute Gasteiger partial charge is 0.148 e. The summed E-state index contributed by atoms with van der Waals surface area (Å²) in [6.45, 7) is 6.34. The fraction of sp³-hybridized carbons (Fsp3) is 0.286. The number of pyridine rings is 1. The van der Waals surface area contributed by atoms with E-state index in [-0.39, 0.29) is 9.90 Å². The lowest BCUT2D eigenvalue weighted by Gasteiger charge is -2.20. The van der Waals surface area contributed by atoms with E-state index in [1.807, 2.05) is 24.3 Å². The van der Waals surface area contributed by atoms with E-state index in [0.717, 1.165) is 15.8 Å². The van der Waals surface area contributed by atoms with Gasteiger partial charge >= 0.3 is 0 Å². The number of nitrogens with zero attached hydrogens (tertiary/aromatic N) is 2. The fourth-order valence-electron chi connectivity index (χ4n) is 1.66. The topological polar surface area (TPSA) is 36.7 Å². The van der Waals surface area contributed by atoms with Gasteiger partial charge in [-0.2, -0.15) is 5.26 Å². The van der Waals surface area contributed by atoms with Gasteiger partial charge in [-0.1, -0.05) is 50.6 Å². The Balaban J connectivity index is 2.77. The van der Waals surface area contributed by atoms with Crippen molar-refractivity contribution in [3.8, 4) is 6.07 Å². The molecule has 1 heterocycles. The molecule has 0 aliphatic rings. The van der Waals surface area contributed by atoms with Crippen molar-refractivity contribution in [3.05, 3.63) is 35.0 Å². The van der Waals surface area contributed by atoms with Gasteiger partial charge in [0.15, 0.2) is 0 Å². The molecule has 0 unspecified atom stereocenters. The molecule has 0 atom stereocenters. The van der Waals surface area contributed by atoms with Crippen LogP contribution in [-0.2, 0) is 0 Å². The minimum atomic E-state index is 0.0130. The second-order valence-electron chi connectivity index (χ2n) is 4.95. The average Bonchev–Trinajstić information content (AvgIpc) is 2.27. The Hall–Kier alpha value is -1.24. The second kappa shape index (κ2) is 4.79. The third-order valence-corrected chi connectivity index (χ3v) is 3.83. The van der Waals surface area contributed by atoms with Gasteiger partial charge in [0, 0.05) is 15.0 Å². The first-order valence-corrected chi connectivity index (χ1v) is 6.79. The molecule has 0 radical (unpaired) electrons. The number of hydrogen-bond donors (Lipinski definition) is 0. The summed E-state index contributed by atoms with van der Waals surface area (Å²) in [6.07, 6.45) is 0. The zero-order chi connectivity index (χ0) is 13.3. The first kappa shape index (κ1) is 13.2. The Labute approximate surface area is 116 Å². The van der Waals surface area contributed by atoms with Gasteiger partial charge in [0.05, 0.1) is 5.52 Å². The Morgan fingerprint density at radius 2 is 1.94 bits per heavy atom.